The van der Waals surface area contributed by atoms with Crippen molar-refractivity contribution in [2.24, 2.45) is 0 Å². The molecule has 0 aliphatic carbocycles. The number of halogens is 2. The zero-order valence-electron chi connectivity index (χ0n) is 19.0. The highest BCUT2D eigenvalue weighted by molar-refractivity contribution is 6.30. The van der Waals surface area contributed by atoms with Crippen molar-refractivity contribution < 1.29 is 14.0 Å². The summed E-state index contributed by atoms with van der Waals surface area (Å²) in [4.78, 5) is 27.3. The summed E-state index contributed by atoms with van der Waals surface area (Å²) >= 11 is 5.98. The van der Waals surface area contributed by atoms with E-state index in [-0.39, 0.29) is 30.6 Å². The number of anilines is 1. The predicted molar refractivity (Wildman–Crippen MR) is 137 cm³/mol. The van der Waals surface area contributed by atoms with Gasteiger partial charge in [-0.2, -0.15) is 0 Å². The first-order valence-corrected chi connectivity index (χ1v) is 11.6. The Bertz CT molecular complexity index is 1290. The Hall–Kier alpha value is -3.96. The van der Waals surface area contributed by atoms with E-state index < -0.39 is 0 Å². The second-order valence-electron chi connectivity index (χ2n) is 8.13. The van der Waals surface area contributed by atoms with Crippen LogP contribution in [0.5, 0.6) is 0 Å². The van der Waals surface area contributed by atoms with E-state index in [0.717, 1.165) is 11.1 Å². The maximum Gasteiger partial charge on any atom is 0.258 e. The van der Waals surface area contributed by atoms with E-state index in [1.807, 2.05) is 42.5 Å². The fourth-order valence-electron chi connectivity index (χ4n) is 3.68. The van der Waals surface area contributed by atoms with Gasteiger partial charge < -0.3 is 10.2 Å². The maximum absolute atomic E-state index is 13.8. The van der Waals surface area contributed by atoms with Gasteiger partial charge in [0.1, 0.15) is 5.82 Å². The van der Waals surface area contributed by atoms with E-state index in [9.17, 15) is 14.0 Å². The Morgan fingerprint density at radius 1 is 0.771 bits per heavy atom. The second-order valence-corrected chi connectivity index (χ2v) is 8.57. The van der Waals surface area contributed by atoms with Crippen LogP contribution in [0.25, 0.3) is 0 Å². The molecule has 0 unspecified atom stereocenters. The van der Waals surface area contributed by atoms with E-state index in [1.54, 1.807) is 53.4 Å². The van der Waals surface area contributed by atoms with Gasteiger partial charge in [-0.1, -0.05) is 66.2 Å². The molecule has 0 radical (unpaired) electrons. The molecule has 0 bridgehead atoms. The average Bonchev–Trinajstić information content (AvgIpc) is 2.87. The lowest BCUT2D eigenvalue weighted by Gasteiger charge is -2.23. The topological polar surface area (TPSA) is 49.4 Å². The highest BCUT2D eigenvalue weighted by Crippen LogP contribution is 2.22. The molecule has 4 aromatic carbocycles. The number of hydrogen-bond donors (Lipinski definition) is 1. The number of benzene rings is 4. The molecule has 176 valence electrons. The molecule has 0 saturated carbocycles. The SMILES string of the molecule is O=C(Cc1ccc(N(Cc2cccc(F)c2)C(=O)c2ccc(Cl)cc2)cc1)NCc1ccccc1. The fraction of sp³-hybridized carbons (Fsp3) is 0.103. The normalized spacial score (nSPS) is 10.6. The van der Waals surface area contributed by atoms with E-state index >= 15 is 0 Å². The Balaban J connectivity index is 1.49. The first-order valence-electron chi connectivity index (χ1n) is 11.2. The van der Waals surface area contributed by atoms with Gasteiger partial charge in [0, 0.05) is 22.8 Å². The fourth-order valence-corrected chi connectivity index (χ4v) is 3.81. The zero-order valence-corrected chi connectivity index (χ0v) is 19.7. The summed E-state index contributed by atoms with van der Waals surface area (Å²) in [5.74, 6) is -0.687. The summed E-state index contributed by atoms with van der Waals surface area (Å²) in [6, 6.07) is 29.8. The van der Waals surface area contributed by atoms with Crippen LogP contribution in [-0.2, 0) is 24.3 Å². The Morgan fingerprint density at radius 2 is 1.46 bits per heavy atom. The third-order valence-corrected chi connectivity index (χ3v) is 5.76. The molecule has 0 aliphatic heterocycles. The number of rotatable bonds is 8. The van der Waals surface area contributed by atoms with Crippen molar-refractivity contribution in [3.63, 3.8) is 0 Å². The lowest BCUT2D eigenvalue weighted by Crippen LogP contribution is -2.30. The monoisotopic (exact) mass is 486 g/mol. The Labute approximate surface area is 209 Å². The molecular weight excluding hydrogens is 463 g/mol. The maximum atomic E-state index is 13.8. The van der Waals surface area contributed by atoms with Gasteiger partial charge >= 0.3 is 0 Å². The summed E-state index contributed by atoms with van der Waals surface area (Å²) in [6.45, 7) is 0.658. The lowest BCUT2D eigenvalue weighted by molar-refractivity contribution is -0.120. The molecule has 0 aromatic heterocycles. The van der Waals surface area contributed by atoms with Crippen molar-refractivity contribution in [2.75, 3.05) is 4.90 Å². The van der Waals surface area contributed by atoms with Gasteiger partial charge in [0.2, 0.25) is 5.91 Å². The molecule has 0 heterocycles. The molecule has 2 amide bonds. The van der Waals surface area contributed by atoms with Gasteiger partial charge in [-0.15, -0.1) is 0 Å². The molecule has 6 heteroatoms. The highest BCUT2D eigenvalue weighted by atomic mass is 35.5. The van der Waals surface area contributed by atoms with Gasteiger partial charge in [0.05, 0.1) is 13.0 Å². The molecule has 1 N–H and O–H groups in total. The first-order chi connectivity index (χ1) is 17.0. The van der Waals surface area contributed by atoms with Crippen molar-refractivity contribution in [3.8, 4) is 0 Å². The Morgan fingerprint density at radius 3 is 2.14 bits per heavy atom. The standard InChI is InChI=1S/C29H24ClFN2O2/c30-25-13-11-24(12-14-25)29(35)33(20-23-7-4-8-26(31)17-23)27-15-9-21(10-16-27)18-28(34)32-19-22-5-2-1-3-6-22/h1-17H,18-20H2,(H,32,34). The van der Waals surface area contributed by atoms with Crippen LogP contribution in [-0.4, -0.2) is 11.8 Å². The zero-order chi connectivity index (χ0) is 24.6. The number of hydrogen-bond acceptors (Lipinski definition) is 2. The molecule has 35 heavy (non-hydrogen) atoms. The molecule has 0 fully saturated rings. The molecule has 0 aliphatic rings. The van der Waals surface area contributed by atoms with Gasteiger partial charge in [0.15, 0.2) is 0 Å². The number of nitrogens with zero attached hydrogens (tertiary/aromatic N) is 1. The smallest absolute Gasteiger partial charge is 0.258 e. The van der Waals surface area contributed by atoms with Gasteiger partial charge in [-0.05, 0) is 65.2 Å². The van der Waals surface area contributed by atoms with Gasteiger partial charge in [0.25, 0.3) is 5.91 Å². The Kier molecular flexibility index (Phi) is 7.91. The average molecular weight is 487 g/mol. The second kappa shape index (κ2) is 11.4. The first kappa shape index (κ1) is 24.2. The number of nitrogens with one attached hydrogen (secondary N) is 1. The third-order valence-electron chi connectivity index (χ3n) is 5.51. The summed E-state index contributed by atoms with van der Waals surface area (Å²) in [6.07, 6.45) is 0.224. The van der Waals surface area contributed by atoms with E-state index in [0.29, 0.717) is 28.4 Å². The highest BCUT2D eigenvalue weighted by Gasteiger charge is 2.19. The quantitative estimate of drug-likeness (QED) is 0.323. The minimum atomic E-state index is -0.363. The minimum absolute atomic E-state index is 0.0875. The molecule has 4 aromatic rings. The van der Waals surface area contributed by atoms with Crippen LogP contribution in [0, 0.1) is 5.82 Å². The summed E-state index contributed by atoms with van der Waals surface area (Å²) < 4.78 is 13.8. The number of carbonyl (C=O) groups is 2. The van der Waals surface area contributed by atoms with E-state index in [4.69, 9.17) is 11.6 Å². The van der Waals surface area contributed by atoms with Crippen LogP contribution >= 0.6 is 11.6 Å². The van der Waals surface area contributed by atoms with E-state index in [1.165, 1.54) is 12.1 Å². The summed E-state index contributed by atoms with van der Waals surface area (Å²) in [7, 11) is 0. The molecule has 4 nitrogen and oxygen atoms in total. The van der Waals surface area contributed by atoms with Crippen molar-refractivity contribution in [1.82, 2.24) is 5.32 Å². The number of carbonyl (C=O) groups excluding carboxylic acids is 2. The van der Waals surface area contributed by atoms with Crippen molar-refractivity contribution >= 4 is 29.1 Å². The van der Waals surface area contributed by atoms with Crippen LogP contribution in [0.4, 0.5) is 10.1 Å². The lowest BCUT2D eigenvalue weighted by atomic mass is 10.1. The largest absolute Gasteiger partial charge is 0.352 e. The van der Waals surface area contributed by atoms with Crippen LogP contribution in [0.1, 0.15) is 27.0 Å². The molecule has 0 spiro atoms. The van der Waals surface area contributed by atoms with Crippen LogP contribution < -0.4 is 10.2 Å². The third kappa shape index (κ3) is 6.78. The van der Waals surface area contributed by atoms with Crippen molar-refractivity contribution in [1.29, 1.82) is 0 Å². The van der Waals surface area contributed by atoms with E-state index in [2.05, 4.69) is 5.32 Å². The molecular formula is C29H24ClFN2O2. The van der Waals surface area contributed by atoms with Crippen molar-refractivity contribution in [2.45, 2.75) is 19.5 Å². The molecule has 4 rings (SSSR count). The van der Waals surface area contributed by atoms with Crippen LogP contribution in [0.2, 0.25) is 5.02 Å². The molecule has 0 saturated heterocycles. The summed E-state index contributed by atoms with van der Waals surface area (Å²) in [5.41, 5.74) is 3.63. The molecule has 0 atom stereocenters. The van der Waals surface area contributed by atoms with Crippen molar-refractivity contribution in [3.05, 3.63) is 136 Å². The minimum Gasteiger partial charge on any atom is -0.352 e. The van der Waals surface area contributed by atoms with Gasteiger partial charge in [-0.25, -0.2) is 4.39 Å². The number of amides is 2. The van der Waals surface area contributed by atoms with Crippen LogP contribution in [0.3, 0.4) is 0 Å². The van der Waals surface area contributed by atoms with Crippen LogP contribution in [0.15, 0.2) is 103 Å². The predicted octanol–water partition coefficient (Wildman–Crippen LogP) is 6.19. The van der Waals surface area contributed by atoms with Gasteiger partial charge in [-0.3, -0.25) is 9.59 Å². The summed E-state index contributed by atoms with van der Waals surface area (Å²) in [5, 5.41) is 3.45.